The average molecular weight is 286 g/mol. The molecule has 1 saturated carbocycles. The molecule has 1 aromatic heterocycles. The van der Waals surface area contributed by atoms with Gasteiger partial charge in [0.05, 0.1) is 12.1 Å². The van der Waals surface area contributed by atoms with E-state index in [2.05, 4.69) is 4.72 Å². The molecule has 1 aliphatic carbocycles. The Morgan fingerprint density at radius 2 is 2.11 bits per heavy atom. The molecule has 18 heavy (non-hydrogen) atoms. The third kappa shape index (κ3) is 2.57. The number of aliphatic hydroxyl groups excluding tert-OH is 1. The van der Waals surface area contributed by atoms with E-state index < -0.39 is 15.6 Å². The summed E-state index contributed by atoms with van der Waals surface area (Å²) in [4.78, 5) is 0.361. The van der Waals surface area contributed by atoms with Crippen molar-refractivity contribution in [3.05, 3.63) is 17.0 Å². The summed E-state index contributed by atoms with van der Waals surface area (Å²) >= 11 is 0.939. The van der Waals surface area contributed by atoms with Crippen LogP contribution in [0.15, 0.2) is 16.3 Å². The number of aliphatic hydroxyl groups is 1. The molecule has 5 nitrogen and oxygen atoms in total. The van der Waals surface area contributed by atoms with Gasteiger partial charge < -0.3 is 5.11 Å². The first-order valence-corrected chi connectivity index (χ1v) is 7.96. The summed E-state index contributed by atoms with van der Waals surface area (Å²) in [6.45, 7) is -0.192. The molecule has 1 aliphatic rings. The number of nitrogens with one attached hydrogen (secondary N) is 1. The number of rotatable bonds is 4. The maximum Gasteiger partial charge on any atom is 0.250 e. The molecule has 0 saturated heterocycles. The fourth-order valence-electron chi connectivity index (χ4n) is 2.20. The van der Waals surface area contributed by atoms with Gasteiger partial charge in [-0.2, -0.15) is 5.26 Å². The standard InChI is InChI=1S/C11H14N2O3S2/c12-7-9-3-4-10(17-9)18(15,16)13-11(8-14)5-1-2-6-11/h3-4,13-14H,1-2,5-6,8H2. The molecule has 0 radical (unpaired) electrons. The van der Waals surface area contributed by atoms with Gasteiger partial charge in [-0.3, -0.25) is 0 Å². The molecule has 1 aromatic rings. The largest absolute Gasteiger partial charge is 0.394 e. The summed E-state index contributed by atoms with van der Waals surface area (Å²) < 4.78 is 27.0. The van der Waals surface area contributed by atoms with Crippen LogP contribution in [0, 0.1) is 11.3 Å². The van der Waals surface area contributed by atoms with Gasteiger partial charge in [0, 0.05) is 0 Å². The fourth-order valence-corrected chi connectivity index (χ4v) is 4.76. The number of nitriles is 1. The van der Waals surface area contributed by atoms with E-state index >= 15 is 0 Å². The molecule has 2 rings (SSSR count). The molecule has 2 N–H and O–H groups in total. The quantitative estimate of drug-likeness (QED) is 0.870. The molecule has 98 valence electrons. The Morgan fingerprint density at radius 3 is 2.61 bits per heavy atom. The number of sulfonamides is 1. The smallest absolute Gasteiger partial charge is 0.250 e. The van der Waals surface area contributed by atoms with Gasteiger partial charge in [-0.15, -0.1) is 11.3 Å². The Hall–Kier alpha value is -0.940. The minimum Gasteiger partial charge on any atom is -0.394 e. The second-order valence-electron chi connectivity index (χ2n) is 4.48. The van der Waals surface area contributed by atoms with Crippen LogP contribution in [0.1, 0.15) is 30.6 Å². The molecule has 0 aliphatic heterocycles. The summed E-state index contributed by atoms with van der Waals surface area (Å²) in [7, 11) is -3.65. The lowest BCUT2D eigenvalue weighted by Crippen LogP contribution is -2.48. The second kappa shape index (κ2) is 4.97. The Bertz CT molecular complexity index is 565. The van der Waals surface area contributed by atoms with E-state index in [4.69, 9.17) is 5.26 Å². The lowest BCUT2D eigenvalue weighted by molar-refractivity contribution is 0.185. The molecule has 0 bridgehead atoms. The first-order valence-electron chi connectivity index (χ1n) is 5.66. The van der Waals surface area contributed by atoms with Crippen molar-refractivity contribution >= 4 is 21.4 Å². The Balaban J connectivity index is 2.24. The third-order valence-corrected chi connectivity index (χ3v) is 6.23. The number of thiophene rings is 1. The summed E-state index contributed by atoms with van der Waals surface area (Å²) in [5, 5.41) is 18.1. The molecule has 1 fully saturated rings. The first kappa shape index (κ1) is 13.5. The Kier molecular flexibility index (Phi) is 3.73. The van der Waals surface area contributed by atoms with Gasteiger partial charge in [0.15, 0.2) is 0 Å². The zero-order chi connectivity index (χ0) is 13.2. The van der Waals surface area contributed by atoms with Crippen molar-refractivity contribution in [2.45, 2.75) is 35.4 Å². The van der Waals surface area contributed by atoms with E-state index in [-0.39, 0.29) is 10.8 Å². The zero-order valence-corrected chi connectivity index (χ0v) is 11.4. The van der Waals surface area contributed by atoms with Crippen LogP contribution < -0.4 is 4.72 Å². The normalized spacial score (nSPS) is 18.7. The molecule has 7 heteroatoms. The molecular weight excluding hydrogens is 272 g/mol. The van der Waals surface area contributed by atoms with Crippen molar-refractivity contribution in [1.82, 2.24) is 4.72 Å². The maximum atomic E-state index is 12.2. The number of hydrogen-bond donors (Lipinski definition) is 2. The van der Waals surface area contributed by atoms with Crippen LogP contribution in [0.2, 0.25) is 0 Å². The van der Waals surface area contributed by atoms with Crippen LogP contribution in [-0.4, -0.2) is 25.7 Å². The summed E-state index contributed by atoms with van der Waals surface area (Å²) in [5.74, 6) is 0. The molecule has 0 unspecified atom stereocenters. The van der Waals surface area contributed by atoms with Crippen LogP contribution in [0.4, 0.5) is 0 Å². The Labute approximate surface area is 110 Å². The molecular formula is C11H14N2O3S2. The zero-order valence-electron chi connectivity index (χ0n) is 9.72. The van der Waals surface area contributed by atoms with E-state index in [0.717, 1.165) is 24.2 Å². The SMILES string of the molecule is N#Cc1ccc(S(=O)(=O)NC2(CO)CCCC2)s1. The Morgan fingerprint density at radius 1 is 1.44 bits per heavy atom. The lowest BCUT2D eigenvalue weighted by atomic mass is 10.0. The highest BCUT2D eigenvalue weighted by atomic mass is 32.2. The predicted molar refractivity (Wildman–Crippen MR) is 67.6 cm³/mol. The van der Waals surface area contributed by atoms with Crippen molar-refractivity contribution in [2.75, 3.05) is 6.61 Å². The minimum absolute atomic E-state index is 0.124. The van der Waals surface area contributed by atoms with Gasteiger partial charge in [-0.25, -0.2) is 13.1 Å². The van der Waals surface area contributed by atoms with E-state index in [0.29, 0.717) is 17.7 Å². The summed E-state index contributed by atoms with van der Waals surface area (Å²) in [5.41, 5.74) is -0.727. The average Bonchev–Trinajstić information content (AvgIpc) is 2.97. The van der Waals surface area contributed by atoms with Gasteiger partial charge in [0.25, 0.3) is 10.0 Å². The second-order valence-corrected chi connectivity index (χ2v) is 7.47. The van der Waals surface area contributed by atoms with Crippen LogP contribution in [-0.2, 0) is 10.0 Å². The van der Waals surface area contributed by atoms with Crippen LogP contribution in [0.5, 0.6) is 0 Å². The minimum atomic E-state index is -3.65. The van der Waals surface area contributed by atoms with Crippen LogP contribution >= 0.6 is 11.3 Å². The molecule has 1 heterocycles. The molecule has 0 aromatic carbocycles. The first-order chi connectivity index (χ1) is 8.51. The monoisotopic (exact) mass is 286 g/mol. The lowest BCUT2D eigenvalue weighted by Gasteiger charge is -2.27. The number of nitrogens with zero attached hydrogens (tertiary/aromatic N) is 1. The third-order valence-electron chi connectivity index (χ3n) is 3.17. The van der Waals surface area contributed by atoms with E-state index in [9.17, 15) is 13.5 Å². The van der Waals surface area contributed by atoms with Gasteiger partial charge in [0.1, 0.15) is 15.2 Å². The van der Waals surface area contributed by atoms with Gasteiger partial charge in [-0.05, 0) is 25.0 Å². The summed E-state index contributed by atoms with van der Waals surface area (Å²) in [6, 6.07) is 4.82. The van der Waals surface area contributed by atoms with E-state index in [1.807, 2.05) is 6.07 Å². The van der Waals surface area contributed by atoms with Crippen molar-refractivity contribution in [2.24, 2.45) is 0 Å². The van der Waals surface area contributed by atoms with Gasteiger partial charge in [-0.1, -0.05) is 12.8 Å². The van der Waals surface area contributed by atoms with Gasteiger partial charge >= 0.3 is 0 Å². The molecule has 0 atom stereocenters. The maximum absolute atomic E-state index is 12.2. The predicted octanol–water partition coefficient (Wildman–Crippen LogP) is 1.20. The van der Waals surface area contributed by atoms with Gasteiger partial charge in [0.2, 0.25) is 0 Å². The summed E-state index contributed by atoms with van der Waals surface area (Å²) in [6.07, 6.45) is 3.13. The topological polar surface area (TPSA) is 90.2 Å². The van der Waals surface area contributed by atoms with Crippen molar-refractivity contribution < 1.29 is 13.5 Å². The molecule has 0 amide bonds. The highest BCUT2D eigenvalue weighted by molar-refractivity contribution is 7.91. The highest BCUT2D eigenvalue weighted by Crippen LogP contribution is 2.31. The highest BCUT2D eigenvalue weighted by Gasteiger charge is 2.37. The van der Waals surface area contributed by atoms with Crippen molar-refractivity contribution in [1.29, 1.82) is 5.26 Å². The van der Waals surface area contributed by atoms with Crippen LogP contribution in [0.25, 0.3) is 0 Å². The van der Waals surface area contributed by atoms with Crippen molar-refractivity contribution in [3.63, 3.8) is 0 Å². The van der Waals surface area contributed by atoms with E-state index in [1.54, 1.807) is 0 Å². The van der Waals surface area contributed by atoms with Crippen molar-refractivity contribution in [3.8, 4) is 6.07 Å². The number of hydrogen-bond acceptors (Lipinski definition) is 5. The van der Waals surface area contributed by atoms with Crippen LogP contribution in [0.3, 0.4) is 0 Å². The fraction of sp³-hybridized carbons (Fsp3) is 0.545. The molecule has 0 spiro atoms. The van der Waals surface area contributed by atoms with E-state index in [1.165, 1.54) is 12.1 Å².